The van der Waals surface area contributed by atoms with Gasteiger partial charge < -0.3 is 34.6 Å². The molecular formula is C37H44F4N6O4. The Balaban J connectivity index is 1.32. The predicted molar refractivity (Wildman–Crippen MR) is 185 cm³/mol. The van der Waals surface area contributed by atoms with E-state index in [1.165, 1.54) is 24.3 Å². The van der Waals surface area contributed by atoms with Gasteiger partial charge in [0.05, 0.1) is 6.61 Å². The maximum absolute atomic E-state index is 15.7. The molecule has 0 atom stereocenters. The second-order valence-corrected chi connectivity index (χ2v) is 14.3. The summed E-state index contributed by atoms with van der Waals surface area (Å²) >= 11 is 0. The van der Waals surface area contributed by atoms with Gasteiger partial charge in [-0.1, -0.05) is 12.6 Å². The van der Waals surface area contributed by atoms with E-state index >= 15 is 4.39 Å². The van der Waals surface area contributed by atoms with Crippen molar-refractivity contribution >= 4 is 28.3 Å². The summed E-state index contributed by atoms with van der Waals surface area (Å²) in [5.74, 6) is -0.409. The second kappa shape index (κ2) is 14.1. The molecule has 7 rings (SSSR count). The van der Waals surface area contributed by atoms with Gasteiger partial charge in [0.25, 0.3) is 0 Å². The number of nitrogens with two attached hydrogens (primary N) is 1. The van der Waals surface area contributed by atoms with Gasteiger partial charge in [-0.15, -0.1) is 0 Å². The molecule has 0 unspecified atom stereocenters. The van der Waals surface area contributed by atoms with Crippen molar-refractivity contribution < 1.29 is 36.6 Å². The van der Waals surface area contributed by atoms with Gasteiger partial charge in [-0.3, -0.25) is 4.79 Å². The van der Waals surface area contributed by atoms with Crippen LogP contribution in [-0.4, -0.2) is 104 Å². The number of hydrogen-bond acceptors (Lipinski definition) is 9. The highest BCUT2D eigenvalue weighted by molar-refractivity contribution is 6.02. The molecule has 10 nitrogen and oxygen atoms in total. The summed E-state index contributed by atoms with van der Waals surface area (Å²) < 4.78 is 74.5. The van der Waals surface area contributed by atoms with Crippen molar-refractivity contribution in [1.29, 1.82) is 0 Å². The Bertz CT molecular complexity index is 1760. The molecule has 1 amide bonds. The summed E-state index contributed by atoms with van der Waals surface area (Å²) in [6.45, 7) is 7.54. The first kappa shape index (κ1) is 35.2. The SMILES string of the molecule is C=CC(=O)N1CC2(CCN(c3nc(OC4CCN(CCOC)CC4)nc4c(OCC(F)(F)F)c(-c5c(N)cccc5F)c(C5CC5)cc34)CC2)C1. The largest absolute Gasteiger partial charge is 0.481 e. The molecule has 0 bridgehead atoms. The lowest BCUT2D eigenvalue weighted by Gasteiger charge is -2.54. The van der Waals surface area contributed by atoms with E-state index in [0.717, 1.165) is 45.3 Å². The Hall–Kier alpha value is -4.17. The van der Waals surface area contributed by atoms with Gasteiger partial charge >= 0.3 is 12.2 Å². The van der Waals surface area contributed by atoms with Crippen molar-refractivity contribution in [3.63, 3.8) is 0 Å². The number of benzene rings is 2. The Labute approximate surface area is 294 Å². The fraction of sp³-hybridized carbons (Fsp3) is 0.541. The number of carbonyl (C=O) groups excluding carboxylic acids is 1. The number of nitrogen functional groups attached to an aromatic ring is 1. The monoisotopic (exact) mass is 712 g/mol. The summed E-state index contributed by atoms with van der Waals surface area (Å²) in [5.41, 5.74) is 7.37. The molecule has 1 saturated carbocycles. The van der Waals surface area contributed by atoms with Crippen molar-refractivity contribution in [1.82, 2.24) is 19.8 Å². The van der Waals surface area contributed by atoms with Crippen LogP contribution in [0.15, 0.2) is 36.9 Å². The van der Waals surface area contributed by atoms with Gasteiger partial charge in [0.15, 0.2) is 12.4 Å². The third-order valence-corrected chi connectivity index (χ3v) is 10.7. The average Bonchev–Trinajstić information content (AvgIpc) is 3.94. The number of methoxy groups -OCH3 is 1. The lowest BCUT2D eigenvalue weighted by atomic mass is 9.72. The number of anilines is 2. The molecule has 2 aromatic carbocycles. The Morgan fingerprint density at radius 1 is 1.08 bits per heavy atom. The van der Waals surface area contributed by atoms with Crippen LogP contribution in [0, 0.1) is 11.2 Å². The minimum atomic E-state index is -4.67. The van der Waals surface area contributed by atoms with Crippen LogP contribution >= 0.6 is 0 Å². The molecule has 14 heteroatoms. The fourth-order valence-electron chi connectivity index (χ4n) is 7.77. The highest BCUT2D eigenvalue weighted by Gasteiger charge is 2.46. The Kier molecular flexibility index (Phi) is 9.74. The van der Waals surface area contributed by atoms with Crippen LogP contribution in [0.5, 0.6) is 11.8 Å². The first-order chi connectivity index (χ1) is 24.5. The molecule has 51 heavy (non-hydrogen) atoms. The zero-order valence-corrected chi connectivity index (χ0v) is 28.8. The van der Waals surface area contributed by atoms with Crippen LogP contribution in [-0.2, 0) is 9.53 Å². The van der Waals surface area contributed by atoms with E-state index in [1.807, 2.05) is 6.07 Å². The van der Waals surface area contributed by atoms with E-state index in [9.17, 15) is 18.0 Å². The molecule has 3 aromatic rings. The number of piperidine rings is 2. The van der Waals surface area contributed by atoms with Crippen LogP contribution in [0.3, 0.4) is 0 Å². The van der Waals surface area contributed by atoms with Crippen LogP contribution in [0.25, 0.3) is 22.0 Å². The number of fused-ring (bicyclic) bond motifs is 1. The number of aromatic nitrogens is 2. The number of carbonyl (C=O) groups is 1. The zero-order chi connectivity index (χ0) is 35.9. The molecule has 1 aromatic heterocycles. The minimum absolute atomic E-state index is 0.00643. The van der Waals surface area contributed by atoms with Crippen molar-refractivity contribution in [2.75, 3.05) is 76.8 Å². The summed E-state index contributed by atoms with van der Waals surface area (Å²) in [4.78, 5) is 28.1. The van der Waals surface area contributed by atoms with E-state index < -0.39 is 18.6 Å². The molecule has 3 saturated heterocycles. The highest BCUT2D eigenvalue weighted by Crippen LogP contribution is 2.53. The zero-order valence-electron chi connectivity index (χ0n) is 28.8. The lowest BCUT2D eigenvalue weighted by molar-refractivity contribution is -0.153. The Morgan fingerprint density at radius 2 is 1.80 bits per heavy atom. The van der Waals surface area contributed by atoms with Crippen LogP contribution in [0.2, 0.25) is 0 Å². The number of nitrogens with zero attached hydrogens (tertiary/aromatic N) is 5. The first-order valence-electron chi connectivity index (χ1n) is 17.6. The Morgan fingerprint density at radius 3 is 2.43 bits per heavy atom. The molecule has 4 fully saturated rings. The van der Waals surface area contributed by atoms with Crippen molar-refractivity contribution in [2.45, 2.75) is 56.7 Å². The molecule has 3 aliphatic heterocycles. The van der Waals surface area contributed by atoms with Gasteiger partial charge in [-0.25, -0.2) is 4.39 Å². The van der Waals surface area contributed by atoms with E-state index in [0.29, 0.717) is 62.4 Å². The van der Waals surface area contributed by atoms with Crippen LogP contribution in [0.4, 0.5) is 29.1 Å². The molecule has 0 radical (unpaired) electrons. The normalized spacial score (nSPS) is 19.7. The van der Waals surface area contributed by atoms with Crippen LogP contribution in [0.1, 0.15) is 50.0 Å². The van der Waals surface area contributed by atoms with Crippen molar-refractivity contribution in [3.05, 3.63) is 48.3 Å². The molecule has 1 aliphatic carbocycles. The van der Waals surface area contributed by atoms with Gasteiger partial charge in [0.1, 0.15) is 23.3 Å². The standard InChI is InChI=1S/C37H44F4N6O4/c1-3-29(48)47-20-36(21-47)11-15-46(16-12-36)34-26-19-25(23-7-8-23)30(31-27(38)5-4-6-28(31)42)33(50-22-37(39,40)41)32(26)43-35(44-34)51-24-9-13-45(14-10-24)17-18-49-2/h3-6,19,23-24H,1,7-18,20-22,42H2,2H3. The summed E-state index contributed by atoms with van der Waals surface area (Å²) in [7, 11) is 1.67. The van der Waals surface area contributed by atoms with Gasteiger partial charge in [-0.2, -0.15) is 23.1 Å². The molecule has 4 heterocycles. The maximum Gasteiger partial charge on any atom is 0.422 e. The highest BCUT2D eigenvalue weighted by atomic mass is 19.4. The number of halogens is 4. The molecule has 1 spiro atoms. The van der Waals surface area contributed by atoms with E-state index in [-0.39, 0.29) is 57.4 Å². The number of ether oxygens (including phenoxy) is 3. The predicted octanol–water partition coefficient (Wildman–Crippen LogP) is 5.94. The topological polar surface area (TPSA) is 106 Å². The van der Waals surface area contributed by atoms with Crippen LogP contribution < -0.4 is 20.1 Å². The third kappa shape index (κ3) is 7.43. The number of alkyl halides is 3. The summed E-state index contributed by atoms with van der Waals surface area (Å²) in [5, 5.41) is 0.516. The quantitative estimate of drug-likeness (QED) is 0.147. The van der Waals surface area contributed by atoms with E-state index in [1.54, 1.807) is 12.0 Å². The molecule has 2 N–H and O–H groups in total. The maximum atomic E-state index is 15.7. The van der Waals surface area contributed by atoms with E-state index in [2.05, 4.69) is 16.4 Å². The average molecular weight is 713 g/mol. The number of rotatable bonds is 11. The van der Waals surface area contributed by atoms with Crippen molar-refractivity contribution in [2.24, 2.45) is 5.41 Å². The molecule has 274 valence electrons. The van der Waals surface area contributed by atoms with Gasteiger partial charge in [0.2, 0.25) is 5.91 Å². The number of amides is 1. The van der Waals surface area contributed by atoms with Gasteiger partial charge in [0, 0.05) is 80.5 Å². The van der Waals surface area contributed by atoms with E-state index in [4.69, 9.17) is 29.9 Å². The molecule has 4 aliphatic rings. The smallest absolute Gasteiger partial charge is 0.422 e. The molecular weight excluding hydrogens is 668 g/mol. The van der Waals surface area contributed by atoms with Gasteiger partial charge in [-0.05, 0) is 74.3 Å². The first-order valence-corrected chi connectivity index (χ1v) is 17.6. The number of hydrogen-bond donors (Lipinski definition) is 1. The summed E-state index contributed by atoms with van der Waals surface area (Å²) in [6.07, 6.45) is 1.04. The third-order valence-electron chi connectivity index (χ3n) is 10.7. The lowest BCUT2D eigenvalue weighted by Crippen LogP contribution is -2.61. The fourth-order valence-corrected chi connectivity index (χ4v) is 7.77. The summed E-state index contributed by atoms with van der Waals surface area (Å²) in [6, 6.07) is 6.15. The van der Waals surface area contributed by atoms with Crippen molar-refractivity contribution in [3.8, 4) is 22.9 Å². The number of likely N-dealkylation sites (tertiary alicyclic amines) is 2. The second-order valence-electron chi connectivity index (χ2n) is 14.3. The minimum Gasteiger partial charge on any atom is -0.481 e.